The summed E-state index contributed by atoms with van der Waals surface area (Å²) >= 11 is 1.60. The van der Waals surface area contributed by atoms with Crippen molar-refractivity contribution in [3.05, 3.63) is 64.1 Å². The highest BCUT2D eigenvalue weighted by molar-refractivity contribution is 7.98. The van der Waals surface area contributed by atoms with Gasteiger partial charge in [-0.05, 0) is 68.0 Å². The zero-order valence-electron chi connectivity index (χ0n) is 20.6. The monoisotopic (exact) mass is 512 g/mol. The first kappa shape index (κ1) is 25.8. The third-order valence-corrected chi connectivity index (χ3v) is 7.30. The maximum absolute atomic E-state index is 13.2. The van der Waals surface area contributed by atoms with Crippen molar-refractivity contribution in [1.82, 2.24) is 14.8 Å². The van der Waals surface area contributed by atoms with Gasteiger partial charge in [-0.25, -0.2) is 9.59 Å². The van der Waals surface area contributed by atoms with E-state index in [1.54, 1.807) is 60.0 Å². The number of benzene rings is 1. The van der Waals surface area contributed by atoms with Crippen LogP contribution in [-0.2, 0) is 16.1 Å². The number of pyridine rings is 1. The molecule has 3 atom stereocenters. The van der Waals surface area contributed by atoms with Crippen LogP contribution in [-0.4, -0.2) is 65.1 Å². The van der Waals surface area contributed by atoms with Gasteiger partial charge < -0.3 is 24.8 Å². The van der Waals surface area contributed by atoms with Crippen molar-refractivity contribution < 1.29 is 19.1 Å². The average molecular weight is 513 g/mol. The first-order chi connectivity index (χ1) is 17.4. The highest BCUT2D eigenvalue weighted by Crippen LogP contribution is 2.34. The van der Waals surface area contributed by atoms with Crippen LogP contribution in [0.15, 0.2) is 47.3 Å². The van der Waals surface area contributed by atoms with Gasteiger partial charge in [-0.1, -0.05) is 6.07 Å². The minimum Gasteiger partial charge on any atom is -0.462 e. The number of nitrogens with zero attached hydrogens (tertiary/aromatic N) is 2. The molecule has 9 nitrogen and oxygen atoms in total. The molecule has 192 valence electrons. The van der Waals surface area contributed by atoms with Gasteiger partial charge in [0, 0.05) is 43.0 Å². The van der Waals surface area contributed by atoms with Crippen LogP contribution in [0.25, 0.3) is 0 Å². The number of amides is 3. The average Bonchev–Trinajstić information content (AvgIpc) is 2.87. The van der Waals surface area contributed by atoms with Crippen LogP contribution in [0.2, 0.25) is 0 Å². The van der Waals surface area contributed by atoms with Crippen molar-refractivity contribution in [3.63, 3.8) is 0 Å². The Morgan fingerprint density at radius 3 is 2.61 bits per heavy atom. The summed E-state index contributed by atoms with van der Waals surface area (Å²) in [5.74, 6) is 0.295. The van der Waals surface area contributed by atoms with E-state index in [9.17, 15) is 19.2 Å². The number of hydrogen-bond acceptors (Lipinski definition) is 6. The second-order valence-electron chi connectivity index (χ2n) is 9.17. The molecule has 1 aromatic carbocycles. The number of carbonyl (C=O) groups is 3. The molecule has 0 radical (unpaired) electrons. The maximum Gasteiger partial charge on any atom is 0.338 e. The highest BCUT2D eigenvalue weighted by Gasteiger charge is 2.37. The lowest BCUT2D eigenvalue weighted by atomic mass is 9.83. The smallest absolute Gasteiger partial charge is 0.338 e. The van der Waals surface area contributed by atoms with Gasteiger partial charge in [-0.3, -0.25) is 9.59 Å². The molecule has 2 aromatic rings. The van der Waals surface area contributed by atoms with Gasteiger partial charge in [0.05, 0.1) is 12.2 Å². The van der Waals surface area contributed by atoms with Crippen LogP contribution in [0.3, 0.4) is 0 Å². The number of thioether (sulfide) groups is 1. The molecule has 2 aliphatic rings. The quantitative estimate of drug-likeness (QED) is 0.527. The molecule has 3 heterocycles. The molecular weight excluding hydrogens is 480 g/mol. The number of piperidine rings is 1. The lowest BCUT2D eigenvalue weighted by molar-refractivity contribution is -0.118. The molecule has 0 saturated carbocycles. The Kier molecular flexibility index (Phi) is 8.35. The Balaban J connectivity index is 1.40. The van der Waals surface area contributed by atoms with E-state index in [4.69, 9.17) is 4.74 Å². The molecule has 1 fully saturated rings. The summed E-state index contributed by atoms with van der Waals surface area (Å²) in [7, 11) is 0. The number of urea groups is 1. The van der Waals surface area contributed by atoms with E-state index in [0.29, 0.717) is 43.1 Å². The topological polar surface area (TPSA) is 110 Å². The predicted octanol–water partition coefficient (Wildman–Crippen LogP) is 2.91. The fourth-order valence-corrected chi connectivity index (χ4v) is 5.41. The Hall–Kier alpha value is -3.27. The molecule has 2 N–H and O–H groups in total. The molecule has 0 spiro atoms. The summed E-state index contributed by atoms with van der Waals surface area (Å²) in [6.07, 6.45) is 3.39. The third kappa shape index (κ3) is 5.92. The molecule has 36 heavy (non-hydrogen) atoms. The van der Waals surface area contributed by atoms with Gasteiger partial charge in [0.25, 0.3) is 5.56 Å². The molecule has 4 rings (SSSR count). The molecule has 1 saturated heterocycles. The number of likely N-dealkylation sites (tertiary alicyclic amines) is 1. The van der Waals surface area contributed by atoms with Crippen LogP contribution in [0.4, 0.5) is 10.5 Å². The van der Waals surface area contributed by atoms with Crippen LogP contribution in [0.1, 0.15) is 41.7 Å². The Morgan fingerprint density at radius 1 is 1.11 bits per heavy atom. The fraction of sp³-hybridized carbons (Fsp3) is 0.462. The molecule has 1 aromatic heterocycles. The predicted molar refractivity (Wildman–Crippen MR) is 139 cm³/mol. The highest BCUT2D eigenvalue weighted by atomic mass is 32.2. The standard InChI is InChI=1S/C26H32N4O5S/c1-3-35-25(33)18-7-9-20(10-8-18)27-24(32)21(11-12-36-2)28-26(34)29-14-17-13-19(16-29)22-5-4-6-23(31)30(22)15-17/h4-10,17,19,21H,3,11-16H2,1-2H3,(H,27,32)(H,28,34)/t17-,19+,21+/m1/s1. The second-order valence-corrected chi connectivity index (χ2v) is 10.2. The van der Waals surface area contributed by atoms with Gasteiger partial charge in [0.15, 0.2) is 0 Å². The van der Waals surface area contributed by atoms with Gasteiger partial charge in [-0.2, -0.15) is 11.8 Å². The van der Waals surface area contributed by atoms with Crippen molar-refractivity contribution >= 4 is 35.4 Å². The Morgan fingerprint density at radius 2 is 1.89 bits per heavy atom. The number of ether oxygens (including phenoxy) is 1. The zero-order valence-corrected chi connectivity index (χ0v) is 21.4. The SMILES string of the molecule is CCOC(=O)c1ccc(NC(=O)[C@H](CCSC)NC(=O)N2C[C@H]3C[C@@H](C2)c2cccc(=O)n2C3)cc1. The van der Waals surface area contributed by atoms with Gasteiger partial charge in [0.1, 0.15) is 6.04 Å². The Labute approximate surface area is 214 Å². The Bertz CT molecular complexity index is 1170. The van der Waals surface area contributed by atoms with Crippen molar-refractivity contribution in [2.75, 3.05) is 37.0 Å². The zero-order chi connectivity index (χ0) is 25.7. The summed E-state index contributed by atoms with van der Waals surface area (Å²) in [6, 6.07) is 10.8. The van der Waals surface area contributed by atoms with E-state index in [0.717, 1.165) is 12.1 Å². The van der Waals surface area contributed by atoms with Crippen LogP contribution in [0.5, 0.6) is 0 Å². The first-order valence-electron chi connectivity index (χ1n) is 12.2. The summed E-state index contributed by atoms with van der Waals surface area (Å²) in [5.41, 5.74) is 1.91. The molecule has 0 aliphatic carbocycles. The van der Waals surface area contributed by atoms with E-state index in [1.165, 1.54) is 0 Å². The number of anilines is 1. The van der Waals surface area contributed by atoms with Crippen molar-refractivity contribution in [2.45, 2.75) is 38.3 Å². The van der Waals surface area contributed by atoms with E-state index in [-0.39, 0.29) is 35.9 Å². The number of aromatic nitrogens is 1. The number of fused-ring (bicyclic) bond motifs is 4. The van der Waals surface area contributed by atoms with E-state index in [1.807, 2.05) is 16.9 Å². The molecule has 0 unspecified atom stereocenters. The van der Waals surface area contributed by atoms with Crippen molar-refractivity contribution in [2.24, 2.45) is 5.92 Å². The number of nitrogens with one attached hydrogen (secondary N) is 2. The summed E-state index contributed by atoms with van der Waals surface area (Å²) < 4.78 is 6.82. The number of rotatable bonds is 8. The minimum absolute atomic E-state index is 0.00388. The van der Waals surface area contributed by atoms with Crippen LogP contribution in [0, 0.1) is 5.92 Å². The number of esters is 1. The minimum atomic E-state index is -0.702. The lowest BCUT2D eigenvalue weighted by Crippen LogP contribution is -2.55. The third-order valence-electron chi connectivity index (χ3n) is 6.66. The van der Waals surface area contributed by atoms with Crippen molar-refractivity contribution in [1.29, 1.82) is 0 Å². The summed E-state index contributed by atoms with van der Waals surface area (Å²) in [4.78, 5) is 52.2. The lowest BCUT2D eigenvalue weighted by Gasteiger charge is -2.43. The van der Waals surface area contributed by atoms with E-state index < -0.39 is 12.0 Å². The van der Waals surface area contributed by atoms with Gasteiger partial charge in [-0.15, -0.1) is 0 Å². The summed E-state index contributed by atoms with van der Waals surface area (Å²) in [6.45, 7) is 3.70. The maximum atomic E-state index is 13.2. The second kappa shape index (κ2) is 11.6. The molecular formula is C26H32N4O5S. The molecule has 2 aliphatic heterocycles. The number of hydrogen-bond donors (Lipinski definition) is 2. The van der Waals surface area contributed by atoms with E-state index in [2.05, 4.69) is 10.6 Å². The van der Waals surface area contributed by atoms with E-state index >= 15 is 0 Å². The largest absolute Gasteiger partial charge is 0.462 e. The van der Waals surface area contributed by atoms with Gasteiger partial charge >= 0.3 is 12.0 Å². The molecule has 3 amide bonds. The van der Waals surface area contributed by atoms with Crippen molar-refractivity contribution in [3.8, 4) is 0 Å². The molecule has 10 heteroatoms. The molecule has 2 bridgehead atoms. The normalized spacial score (nSPS) is 19.1. The van der Waals surface area contributed by atoms with Crippen LogP contribution < -0.4 is 16.2 Å². The van der Waals surface area contributed by atoms with Crippen LogP contribution >= 0.6 is 11.8 Å². The fourth-order valence-electron chi connectivity index (χ4n) is 4.94. The summed E-state index contributed by atoms with van der Waals surface area (Å²) in [5, 5.41) is 5.78. The number of carbonyl (C=O) groups excluding carboxylic acids is 3. The van der Waals surface area contributed by atoms with Gasteiger partial charge in [0.2, 0.25) is 5.91 Å². The first-order valence-corrected chi connectivity index (χ1v) is 13.6.